The summed E-state index contributed by atoms with van der Waals surface area (Å²) in [6.07, 6.45) is 9.93. The number of carbonyl (C=O) groups excluding carboxylic acids is 4. The number of carbonyl (C=O) groups is 4. The van der Waals surface area contributed by atoms with Crippen molar-refractivity contribution in [3.63, 3.8) is 0 Å². The van der Waals surface area contributed by atoms with Gasteiger partial charge in [-0.1, -0.05) is 25.0 Å². The number of rotatable bonds is 8. The number of aromatic nitrogens is 3. The first kappa shape index (κ1) is 39.1. The van der Waals surface area contributed by atoms with Gasteiger partial charge in [0.1, 0.15) is 35.1 Å². The zero-order valence-corrected chi connectivity index (χ0v) is 32.8. The zero-order chi connectivity index (χ0) is 39.8. The Morgan fingerprint density at radius 2 is 1.88 bits per heavy atom. The highest BCUT2D eigenvalue weighted by Gasteiger charge is 2.62. The van der Waals surface area contributed by atoms with E-state index in [1.165, 1.54) is 4.90 Å². The van der Waals surface area contributed by atoms with Crippen molar-refractivity contribution in [1.82, 2.24) is 35.0 Å². The number of ether oxygens (including phenoxy) is 3. The summed E-state index contributed by atoms with van der Waals surface area (Å²) in [7, 11) is -2.34. The first-order chi connectivity index (χ1) is 26.7. The Bertz CT molecular complexity index is 2130. The summed E-state index contributed by atoms with van der Waals surface area (Å²) in [5.74, 6) is -1.06. The number of hydrogen-bond acceptors (Lipinski definition) is 11. The molecule has 0 bridgehead atoms. The highest BCUT2D eigenvalue weighted by Crippen LogP contribution is 2.46. The molecule has 3 fully saturated rings. The molecule has 1 aromatic carbocycles. The molecule has 0 spiro atoms. The maximum atomic E-state index is 14.6. The van der Waals surface area contributed by atoms with Crippen LogP contribution in [-0.4, -0.2) is 100 Å². The van der Waals surface area contributed by atoms with Gasteiger partial charge in [0.15, 0.2) is 5.82 Å². The molecule has 1 saturated heterocycles. The van der Waals surface area contributed by atoms with Crippen molar-refractivity contribution in [2.24, 2.45) is 5.92 Å². The largest absolute Gasteiger partial charge is 0.497 e. The lowest BCUT2D eigenvalue weighted by Gasteiger charge is -2.30. The Morgan fingerprint density at radius 3 is 2.59 bits per heavy atom. The maximum absolute atomic E-state index is 14.6. The van der Waals surface area contributed by atoms with Crippen LogP contribution in [0.25, 0.3) is 16.6 Å². The van der Waals surface area contributed by atoms with E-state index in [-0.39, 0.29) is 25.3 Å². The van der Waals surface area contributed by atoms with E-state index in [0.717, 1.165) is 18.2 Å². The second kappa shape index (κ2) is 15.4. The molecule has 1 unspecified atom stereocenters. The lowest BCUT2D eigenvalue weighted by molar-refractivity contribution is -0.141. The second-order valence-corrected chi connectivity index (χ2v) is 18.0. The molecule has 300 valence electrons. The number of methoxy groups -OCH3 is 1. The average Bonchev–Trinajstić information content (AvgIpc) is 4.00. The number of sulfonamides is 1. The van der Waals surface area contributed by atoms with E-state index in [9.17, 15) is 27.6 Å². The van der Waals surface area contributed by atoms with E-state index in [0.29, 0.717) is 49.1 Å². The molecular formula is C39H49N7O9S. The summed E-state index contributed by atoms with van der Waals surface area (Å²) in [6, 6.07) is 6.87. The van der Waals surface area contributed by atoms with Gasteiger partial charge in [0, 0.05) is 30.1 Å². The molecule has 16 nitrogen and oxygen atoms in total. The van der Waals surface area contributed by atoms with E-state index in [1.54, 1.807) is 57.1 Å². The Balaban J connectivity index is 1.22. The first-order valence-electron chi connectivity index (χ1n) is 19.2. The number of fused-ring (bicyclic) bond motifs is 3. The SMILES string of the molecule is COc1ccc2c(OC3C[C@H]4C(=O)N[C@]5(C(=O)NS(=O)(=O)C6CC6)C[C@H]5C=CCCCCC[C@H](NC(=O)OC(C)(C)C)C(=O)N4C3)nc(-n3cccn3)cc2c1. The molecule has 2 saturated carbocycles. The lowest BCUT2D eigenvalue weighted by atomic mass is 10.0. The Labute approximate surface area is 325 Å². The van der Waals surface area contributed by atoms with Gasteiger partial charge in [0.05, 0.1) is 18.9 Å². The summed E-state index contributed by atoms with van der Waals surface area (Å²) in [5, 5.41) is 10.7. The highest BCUT2D eigenvalue weighted by molar-refractivity contribution is 7.91. The fourth-order valence-corrected chi connectivity index (χ4v) is 8.75. The van der Waals surface area contributed by atoms with E-state index in [1.807, 2.05) is 30.4 Å². The normalized spacial score (nSPS) is 25.9. The third-order valence-electron chi connectivity index (χ3n) is 10.5. The van der Waals surface area contributed by atoms with E-state index in [2.05, 4.69) is 20.5 Å². The average molecular weight is 792 g/mol. The van der Waals surface area contributed by atoms with Crippen molar-refractivity contribution >= 4 is 44.6 Å². The minimum Gasteiger partial charge on any atom is -0.497 e. The van der Waals surface area contributed by atoms with Crippen LogP contribution in [0.2, 0.25) is 0 Å². The highest BCUT2D eigenvalue weighted by atomic mass is 32.2. The van der Waals surface area contributed by atoms with Gasteiger partial charge in [-0.15, -0.1) is 0 Å². The number of benzene rings is 1. The van der Waals surface area contributed by atoms with Crippen LogP contribution in [0.4, 0.5) is 4.79 Å². The van der Waals surface area contributed by atoms with Gasteiger partial charge in [0.2, 0.25) is 27.7 Å². The Morgan fingerprint density at radius 1 is 1.07 bits per heavy atom. The summed E-state index contributed by atoms with van der Waals surface area (Å²) in [5.41, 5.74) is -2.34. The molecule has 5 atom stereocenters. The smallest absolute Gasteiger partial charge is 0.408 e. The number of hydrogen-bond donors (Lipinski definition) is 3. The van der Waals surface area contributed by atoms with Crippen molar-refractivity contribution in [2.75, 3.05) is 13.7 Å². The van der Waals surface area contributed by atoms with Crippen LogP contribution < -0.4 is 24.8 Å². The molecule has 7 rings (SSSR count). The Kier molecular flexibility index (Phi) is 10.7. The third-order valence-corrected chi connectivity index (χ3v) is 12.4. The topological polar surface area (TPSA) is 200 Å². The fourth-order valence-electron chi connectivity index (χ4n) is 7.38. The van der Waals surface area contributed by atoms with Gasteiger partial charge in [-0.25, -0.2) is 17.9 Å². The van der Waals surface area contributed by atoms with E-state index >= 15 is 0 Å². The van der Waals surface area contributed by atoms with Gasteiger partial charge in [-0.2, -0.15) is 10.1 Å². The summed E-state index contributed by atoms with van der Waals surface area (Å²) in [4.78, 5) is 62.0. The van der Waals surface area contributed by atoms with Crippen LogP contribution in [0.5, 0.6) is 11.6 Å². The van der Waals surface area contributed by atoms with Crippen LogP contribution in [0, 0.1) is 5.92 Å². The van der Waals surface area contributed by atoms with Crippen molar-refractivity contribution in [2.45, 2.75) is 113 Å². The standard InChI is InChI=1S/C39H49N7O9S/c1-38(2,3)55-37(50)41-30-12-9-7-5-6-8-11-25-22-39(25,36(49)44-56(51,52)28-14-15-28)43-33(47)31-21-27(23-45(31)35(30)48)54-34-29-16-13-26(53-4)19-24(29)20-32(42-34)46-18-10-17-40-46/h8,10-11,13,16-20,25,27-28,30-31H,5-7,9,12,14-15,21-23H2,1-4H3,(H,41,50)(H,43,47)(H,44,49)/t25-,27?,30+,31+,39-/m1/s1. The molecule has 4 aliphatic rings. The predicted octanol–water partition coefficient (Wildman–Crippen LogP) is 3.67. The van der Waals surface area contributed by atoms with Gasteiger partial charge < -0.3 is 29.7 Å². The summed E-state index contributed by atoms with van der Waals surface area (Å²) >= 11 is 0. The van der Waals surface area contributed by atoms with Crippen molar-refractivity contribution < 1.29 is 41.8 Å². The van der Waals surface area contributed by atoms with Gasteiger partial charge >= 0.3 is 6.09 Å². The number of alkyl carbamates (subject to hydrolysis) is 1. The molecule has 56 heavy (non-hydrogen) atoms. The van der Waals surface area contributed by atoms with E-state index < -0.39 is 74.3 Å². The van der Waals surface area contributed by atoms with Gasteiger partial charge in [-0.3, -0.25) is 19.1 Å². The summed E-state index contributed by atoms with van der Waals surface area (Å²) < 4.78 is 47.1. The predicted molar refractivity (Wildman–Crippen MR) is 204 cm³/mol. The van der Waals surface area contributed by atoms with Crippen molar-refractivity contribution in [3.05, 3.63) is 54.9 Å². The number of amides is 4. The van der Waals surface area contributed by atoms with Crippen molar-refractivity contribution in [3.8, 4) is 17.4 Å². The monoisotopic (exact) mass is 791 g/mol. The summed E-state index contributed by atoms with van der Waals surface area (Å²) in [6.45, 7) is 5.13. The molecule has 2 aliphatic heterocycles. The number of nitrogens with zero attached hydrogens (tertiary/aromatic N) is 4. The van der Waals surface area contributed by atoms with Crippen LogP contribution in [0.15, 0.2) is 54.9 Å². The molecular weight excluding hydrogens is 743 g/mol. The van der Waals surface area contributed by atoms with Crippen LogP contribution >= 0.6 is 0 Å². The van der Waals surface area contributed by atoms with Gasteiger partial charge in [-0.05, 0) is 95.0 Å². The molecule has 3 N–H and O–H groups in total. The molecule has 4 heterocycles. The molecule has 2 aromatic heterocycles. The molecule has 4 amide bonds. The number of allylic oxidation sites excluding steroid dienone is 1. The quantitative estimate of drug-likeness (QED) is 0.281. The molecule has 2 aliphatic carbocycles. The number of pyridine rings is 1. The van der Waals surface area contributed by atoms with Crippen LogP contribution in [0.3, 0.4) is 0 Å². The zero-order valence-electron chi connectivity index (χ0n) is 32.0. The maximum Gasteiger partial charge on any atom is 0.408 e. The molecule has 3 aromatic rings. The fraction of sp³-hybridized carbons (Fsp3) is 0.538. The van der Waals surface area contributed by atoms with Crippen LogP contribution in [-0.2, 0) is 29.1 Å². The van der Waals surface area contributed by atoms with Gasteiger partial charge in [0.25, 0.3) is 5.91 Å². The Hall–Kier alpha value is -5.19. The minimum absolute atomic E-state index is 0.0145. The van der Waals surface area contributed by atoms with Crippen LogP contribution in [0.1, 0.15) is 78.6 Å². The van der Waals surface area contributed by atoms with E-state index in [4.69, 9.17) is 19.2 Å². The second-order valence-electron chi connectivity index (χ2n) is 16.0. The lowest BCUT2D eigenvalue weighted by Crippen LogP contribution is -2.58. The molecule has 17 heteroatoms. The minimum atomic E-state index is -3.91. The third kappa shape index (κ3) is 8.61. The molecule has 0 radical (unpaired) electrons. The van der Waals surface area contributed by atoms with Crippen molar-refractivity contribution in [1.29, 1.82) is 0 Å². The number of nitrogens with one attached hydrogen (secondary N) is 3. The first-order valence-corrected chi connectivity index (χ1v) is 20.7.